The molecule has 1 aromatic carbocycles. The van der Waals surface area contributed by atoms with Gasteiger partial charge in [0.15, 0.2) is 0 Å². The highest BCUT2D eigenvalue weighted by Gasteiger charge is 2.27. The first kappa shape index (κ1) is 20.8. The zero-order chi connectivity index (χ0) is 21.1. The van der Waals surface area contributed by atoms with Crippen molar-refractivity contribution in [3.8, 4) is 0 Å². The van der Waals surface area contributed by atoms with Gasteiger partial charge in [0.1, 0.15) is 23.8 Å². The minimum absolute atomic E-state index is 0.0752. The molecule has 1 N–H and O–H groups in total. The van der Waals surface area contributed by atoms with Gasteiger partial charge >= 0.3 is 0 Å². The second kappa shape index (κ2) is 8.60. The maximum absolute atomic E-state index is 13.1. The van der Waals surface area contributed by atoms with E-state index >= 15 is 0 Å². The van der Waals surface area contributed by atoms with Crippen molar-refractivity contribution >= 4 is 23.5 Å². The molecule has 0 saturated heterocycles. The molecule has 0 bridgehead atoms. The van der Waals surface area contributed by atoms with Gasteiger partial charge in [-0.3, -0.25) is 14.8 Å². The fourth-order valence-electron chi connectivity index (χ4n) is 2.56. The lowest BCUT2D eigenvalue weighted by Crippen LogP contribution is -2.26. The van der Waals surface area contributed by atoms with Crippen LogP contribution in [0.5, 0.6) is 0 Å². The maximum atomic E-state index is 13.1. The van der Waals surface area contributed by atoms with Crippen LogP contribution in [0.25, 0.3) is 0 Å². The number of amides is 1. The summed E-state index contributed by atoms with van der Waals surface area (Å²) >= 11 is 6.08. The van der Waals surface area contributed by atoms with Crippen molar-refractivity contribution in [1.82, 2.24) is 24.5 Å². The van der Waals surface area contributed by atoms with E-state index in [4.69, 9.17) is 11.6 Å². The highest BCUT2D eigenvalue weighted by molar-refractivity contribution is 6.31. The summed E-state index contributed by atoms with van der Waals surface area (Å²) in [5.74, 6) is -0.861. The number of nitrogens with zero attached hydrogens (tertiary/aromatic N) is 5. The number of alkyl halides is 4. The number of hydrogen-bond donors (Lipinski definition) is 1. The summed E-state index contributed by atoms with van der Waals surface area (Å²) in [5, 5.41) is 10.4. The van der Waals surface area contributed by atoms with E-state index in [1.807, 2.05) is 0 Å². The predicted molar refractivity (Wildman–Crippen MR) is 96.1 cm³/mol. The molecule has 1 amide bonds. The van der Waals surface area contributed by atoms with E-state index in [0.717, 1.165) is 5.56 Å². The van der Waals surface area contributed by atoms with E-state index in [9.17, 15) is 22.4 Å². The monoisotopic (exact) mass is 430 g/mol. The maximum Gasteiger partial charge on any atom is 0.282 e. The number of halogens is 5. The Kier molecular flexibility index (Phi) is 6.16. The van der Waals surface area contributed by atoms with Crippen LogP contribution < -0.4 is 5.32 Å². The second-order valence-electron chi connectivity index (χ2n) is 6.06. The summed E-state index contributed by atoms with van der Waals surface area (Å²) in [6.45, 7) is 1.55. The van der Waals surface area contributed by atoms with Crippen molar-refractivity contribution in [3.63, 3.8) is 0 Å². The molecule has 0 aliphatic carbocycles. The lowest BCUT2D eigenvalue weighted by molar-refractivity contribution is -0.119. The fourth-order valence-corrected chi connectivity index (χ4v) is 2.76. The molecule has 0 aliphatic heterocycles. The van der Waals surface area contributed by atoms with Crippen molar-refractivity contribution in [2.45, 2.75) is 32.4 Å². The zero-order valence-corrected chi connectivity index (χ0v) is 15.7. The molecule has 7 nitrogen and oxygen atoms in total. The van der Waals surface area contributed by atoms with Gasteiger partial charge in [0.2, 0.25) is 5.95 Å². The zero-order valence-electron chi connectivity index (χ0n) is 14.9. The molecule has 0 aliphatic rings. The molecule has 2 heterocycles. The van der Waals surface area contributed by atoms with Crippen molar-refractivity contribution in [2.24, 2.45) is 0 Å². The molecule has 0 saturated carbocycles. The van der Waals surface area contributed by atoms with E-state index in [2.05, 4.69) is 20.5 Å². The van der Waals surface area contributed by atoms with Crippen LogP contribution in [0.3, 0.4) is 0 Å². The largest absolute Gasteiger partial charge is 0.291 e. The molecule has 1 unspecified atom stereocenters. The molecule has 12 heteroatoms. The lowest BCUT2D eigenvalue weighted by Gasteiger charge is -2.14. The van der Waals surface area contributed by atoms with Gasteiger partial charge in [-0.1, -0.05) is 29.8 Å². The second-order valence-corrected chi connectivity index (χ2v) is 6.47. The summed E-state index contributed by atoms with van der Waals surface area (Å²) in [4.78, 5) is 16.3. The van der Waals surface area contributed by atoms with E-state index in [1.54, 1.807) is 24.3 Å². The standard InChI is InChI=1S/C17H15ClF4N6O/c1-9(28-13(15(21)22)6-12(25-28)14(19)20)16(29)24-17-23-8-27(26-17)7-10-4-2-3-5-11(10)18/h2-6,8-9,14-15H,7H2,1H3,(H,24,26,29). The van der Waals surface area contributed by atoms with Crippen LogP contribution in [0, 0.1) is 0 Å². The van der Waals surface area contributed by atoms with E-state index in [1.165, 1.54) is 17.9 Å². The number of carbonyl (C=O) groups is 1. The molecule has 2 aromatic heterocycles. The van der Waals surface area contributed by atoms with E-state index in [-0.39, 0.29) is 5.95 Å². The number of aromatic nitrogens is 5. The van der Waals surface area contributed by atoms with Crippen molar-refractivity contribution < 1.29 is 22.4 Å². The minimum atomic E-state index is -3.07. The molecule has 29 heavy (non-hydrogen) atoms. The third kappa shape index (κ3) is 4.73. The predicted octanol–water partition coefficient (Wildman–Crippen LogP) is 4.25. The number of carbonyl (C=O) groups excluding carboxylic acids is 1. The Morgan fingerprint density at radius 3 is 2.55 bits per heavy atom. The van der Waals surface area contributed by atoms with Crippen LogP contribution in [0.1, 0.15) is 42.8 Å². The van der Waals surface area contributed by atoms with Crippen LogP contribution in [-0.4, -0.2) is 30.5 Å². The van der Waals surface area contributed by atoms with Crippen LogP contribution >= 0.6 is 11.6 Å². The molecule has 154 valence electrons. The van der Waals surface area contributed by atoms with Gasteiger partial charge in [-0.15, -0.1) is 5.10 Å². The van der Waals surface area contributed by atoms with E-state index < -0.39 is 36.2 Å². The molecule has 3 aromatic rings. The van der Waals surface area contributed by atoms with Gasteiger partial charge in [-0.25, -0.2) is 27.2 Å². The first-order valence-electron chi connectivity index (χ1n) is 8.35. The normalized spacial score (nSPS) is 12.6. The first-order valence-corrected chi connectivity index (χ1v) is 8.73. The molecule has 3 rings (SSSR count). The number of rotatable bonds is 7. The summed E-state index contributed by atoms with van der Waals surface area (Å²) < 4.78 is 53.8. The molecule has 1 atom stereocenters. The summed E-state index contributed by atoms with van der Waals surface area (Å²) in [5.41, 5.74) is -0.829. The number of benzene rings is 1. The van der Waals surface area contributed by atoms with Crippen molar-refractivity contribution in [2.75, 3.05) is 5.32 Å². The number of hydrogen-bond acceptors (Lipinski definition) is 4. The van der Waals surface area contributed by atoms with Crippen molar-refractivity contribution in [3.05, 3.63) is 58.6 Å². The fraction of sp³-hybridized carbons (Fsp3) is 0.294. The third-order valence-corrected chi connectivity index (χ3v) is 4.41. The molecular formula is C17H15ClF4N6O. The van der Waals surface area contributed by atoms with Crippen LogP contribution in [-0.2, 0) is 11.3 Å². The Morgan fingerprint density at radius 2 is 1.90 bits per heavy atom. The van der Waals surface area contributed by atoms with Gasteiger partial charge in [0, 0.05) is 5.02 Å². The summed E-state index contributed by atoms with van der Waals surface area (Å²) in [6.07, 6.45) is -4.75. The topological polar surface area (TPSA) is 77.6 Å². The Hall–Kier alpha value is -2.95. The number of anilines is 1. The molecular weight excluding hydrogens is 416 g/mol. The van der Waals surface area contributed by atoms with Gasteiger partial charge in [0.05, 0.1) is 6.54 Å². The summed E-state index contributed by atoms with van der Waals surface area (Å²) in [6, 6.07) is 6.39. The number of nitrogens with one attached hydrogen (secondary N) is 1. The minimum Gasteiger partial charge on any atom is -0.291 e. The Labute approximate surface area is 167 Å². The van der Waals surface area contributed by atoms with Gasteiger partial charge in [-0.05, 0) is 24.6 Å². The quantitative estimate of drug-likeness (QED) is 0.568. The van der Waals surface area contributed by atoms with Gasteiger partial charge in [-0.2, -0.15) is 5.10 Å². The highest BCUT2D eigenvalue weighted by Crippen LogP contribution is 2.27. The van der Waals surface area contributed by atoms with E-state index in [0.29, 0.717) is 22.3 Å². The third-order valence-electron chi connectivity index (χ3n) is 4.04. The van der Waals surface area contributed by atoms with Crippen LogP contribution in [0.15, 0.2) is 36.7 Å². The smallest absolute Gasteiger partial charge is 0.282 e. The Balaban J connectivity index is 1.72. The first-order chi connectivity index (χ1) is 13.8. The average Bonchev–Trinajstić information content (AvgIpc) is 3.30. The van der Waals surface area contributed by atoms with Gasteiger partial charge < -0.3 is 0 Å². The lowest BCUT2D eigenvalue weighted by atomic mass is 10.2. The van der Waals surface area contributed by atoms with Crippen molar-refractivity contribution in [1.29, 1.82) is 0 Å². The van der Waals surface area contributed by atoms with Gasteiger partial charge in [0.25, 0.3) is 18.8 Å². The Bertz CT molecular complexity index is 1010. The SMILES string of the molecule is CC(C(=O)Nc1ncn(Cc2ccccc2Cl)n1)n1nc(C(F)F)cc1C(F)F. The average molecular weight is 431 g/mol. The Morgan fingerprint density at radius 1 is 1.17 bits per heavy atom. The highest BCUT2D eigenvalue weighted by atomic mass is 35.5. The summed E-state index contributed by atoms with van der Waals surface area (Å²) in [7, 11) is 0. The van der Waals surface area contributed by atoms with Crippen LogP contribution in [0.2, 0.25) is 5.02 Å². The molecule has 0 spiro atoms. The van der Waals surface area contributed by atoms with Crippen LogP contribution in [0.4, 0.5) is 23.5 Å². The molecule has 0 fully saturated rings. The molecule has 0 radical (unpaired) electrons.